The minimum absolute atomic E-state index is 0.150. The molecule has 5 heteroatoms. The molecule has 4 N–H and O–H groups in total. The van der Waals surface area contributed by atoms with Gasteiger partial charge in [0.05, 0.1) is 5.69 Å². The van der Waals surface area contributed by atoms with E-state index in [1.807, 2.05) is 25.1 Å². The lowest BCUT2D eigenvalue weighted by atomic mass is 10.0. The molecule has 0 bridgehead atoms. The van der Waals surface area contributed by atoms with Crippen molar-refractivity contribution in [1.82, 2.24) is 0 Å². The van der Waals surface area contributed by atoms with Crippen LogP contribution in [0.4, 0.5) is 5.69 Å². The molecule has 5 nitrogen and oxygen atoms in total. The van der Waals surface area contributed by atoms with Gasteiger partial charge in [0, 0.05) is 24.8 Å². The van der Waals surface area contributed by atoms with Gasteiger partial charge in [-0.1, -0.05) is 17.3 Å². The fourth-order valence-electron chi connectivity index (χ4n) is 3.06. The average molecular weight is 277 g/mol. The van der Waals surface area contributed by atoms with Crippen LogP contribution in [0.5, 0.6) is 0 Å². The van der Waals surface area contributed by atoms with Crippen LogP contribution in [0.1, 0.15) is 36.8 Å². The van der Waals surface area contributed by atoms with Crippen molar-refractivity contribution in [3.63, 3.8) is 0 Å². The van der Waals surface area contributed by atoms with Crippen LogP contribution in [0.25, 0.3) is 0 Å². The summed E-state index contributed by atoms with van der Waals surface area (Å²) < 4.78 is 0. The molecule has 0 saturated carbocycles. The Hall–Kier alpha value is -1.75. The van der Waals surface area contributed by atoms with Gasteiger partial charge >= 0.3 is 0 Å². The molecule has 1 saturated heterocycles. The SMILES string of the molecule is Cc1cccc(/C(N)=N/O)c1N1CCCC1CCCO. The van der Waals surface area contributed by atoms with E-state index in [4.69, 9.17) is 16.0 Å². The predicted octanol–water partition coefficient (Wildman–Crippen LogP) is 1.83. The van der Waals surface area contributed by atoms with E-state index in [0.717, 1.165) is 49.0 Å². The summed E-state index contributed by atoms with van der Waals surface area (Å²) in [6.07, 6.45) is 4.05. The Balaban J connectivity index is 2.35. The number of aliphatic hydroxyl groups excluding tert-OH is 1. The van der Waals surface area contributed by atoms with Crippen molar-refractivity contribution >= 4 is 11.5 Å². The highest BCUT2D eigenvalue weighted by Crippen LogP contribution is 2.33. The van der Waals surface area contributed by atoms with E-state index in [1.165, 1.54) is 0 Å². The lowest BCUT2D eigenvalue weighted by molar-refractivity contribution is 0.279. The van der Waals surface area contributed by atoms with Crippen LogP contribution in [-0.4, -0.2) is 35.3 Å². The summed E-state index contributed by atoms with van der Waals surface area (Å²) in [6.45, 7) is 3.25. The van der Waals surface area contributed by atoms with E-state index in [2.05, 4.69) is 10.1 Å². The number of nitrogens with two attached hydrogens (primary N) is 1. The Morgan fingerprint density at radius 3 is 3.00 bits per heavy atom. The molecular weight excluding hydrogens is 254 g/mol. The molecule has 1 heterocycles. The molecule has 1 atom stereocenters. The molecule has 20 heavy (non-hydrogen) atoms. The van der Waals surface area contributed by atoms with Gasteiger partial charge in [0.25, 0.3) is 0 Å². The lowest BCUT2D eigenvalue weighted by Crippen LogP contribution is -2.32. The highest BCUT2D eigenvalue weighted by Gasteiger charge is 2.27. The molecule has 1 aliphatic heterocycles. The first-order valence-corrected chi connectivity index (χ1v) is 7.14. The molecule has 0 radical (unpaired) electrons. The first-order chi connectivity index (χ1) is 9.69. The second-order valence-electron chi connectivity index (χ2n) is 5.31. The van der Waals surface area contributed by atoms with Crippen molar-refractivity contribution in [2.45, 2.75) is 38.6 Å². The van der Waals surface area contributed by atoms with Crippen molar-refractivity contribution in [2.24, 2.45) is 10.9 Å². The van der Waals surface area contributed by atoms with Crippen LogP contribution in [0.15, 0.2) is 23.4 Å². The molecule has 2 rings (SSSR count). The van der Waals surface area contributed by atoms with Crippen LogP contribution in [-0.2, 0) is 0 Å². The quantitative estimate of drug-likeness (QED) is 0.332. The molecule has 1 aliphatic rings. The predicted molar refractivity (Wildman–Crippen MR) is 80.4 cm³/mol. The van der Waals surface area contributed by atoms with Crippen LogP contribution in [0.2, 0.25) is 0 Å². The van der Waals surface area contributed by atoms with Gasteiger partial charge in [0.2, 0.25) is 0 Å². The Morgan fingerprint density at radius 2 is 2.30 bits per heavy atom. The Bertz CT molecular complexity index is 488. The molecule has 0 amide bonds. The zero-order chi connectivity index (χ0) is 14.5. The second kappa shape index (κ2) is 6.61. The number of nitrogens with zero attached hydrogens (tertiary/aromatic N) is 2. The van der Waals surface area contributed by atoms with Gasteiger partial charge in [-0.05, 0) is 44.2 Å². The fraction of sp³-hybridized carbons (Fsp3) is 0.533. The Kier molecular flexibility index (Phi) is 4.84. The summed E-state index contributed by atoms with van der Waals surface area (Å²) in [6, 6.07) is 6.28. The first kappa shape index (κ1) is 14.7. The number of amidine groups is 1. The number of oxime groups is 1. The zero-order valence-electron chi connectivity index (χ0n) is 11.9. The number of hydrogen-bond donors (Lipinski definition) is 3. The van der Waals surface area contributed by atoms with Gasteiger partial charge in [-0.15, -0.1) is 0 Å². The molecule has 0 aliphatic carbocycles. The molecule has 0 aromatic heterocycles. The van der Waals surface area contributed by atoms with E-state index >= 15 is 0 Å². The van der Waals surface area contributed by atoms with E-state index in [9.17, 15) is 0 Å². The number of anilines is 1. The van der Waals surface area contributed by atoms with E-state index in [0.29, 0.717) is 6.04 Å². The third-order valence-electron chi connectivity index (χ3n) is 3.98. The Labute approximate surface area is 119 Å². The third kappa shape index (κ3) is 2.88. The molecule has 1 aromatic rings. The largest absolute Gasteiger partial charge is 0.409 e. The summed E-state index contributed by atoms with van der Waals surface area (Å²) in [4.78, 5) is 2.35. The van der Waals surface area contributed by atoms with Gasteiger partial charge in [-0.2, -0.15) is 0 Å². The Morgan fingerprint density at radius 1 is 1.50 bits per heavy atom. The summed E-state index contributed by atoms with van der Waals surface area (Å²) in [7, 11) is 0. The second-order valence-corrected chi connectivity index (χ2v) is 5.31. The smallest absolute Gasteiger partial charge is 0.172 e. The van der Waals surface area contributed by atoms with Crippen molar-refractivity contribution < 1.29 is 10.3 Å². The van der Waals surface area contributed by atoms with Gasteiger partial charge in [-0.25, -0.2) is 0 Å². The van der Waals surface area contributed by atoms with Crippen LogP contribution in [0.3, 0.4) is 0 Å². The number of rotatable bonds is 5. The number of hydrogen-bond acceptors (Lipinski definition) is 4. The van der Waals surface area contributed by atoms with Crippen molar-refractivity contribution in [3.8, 4) is 0 Å². The van der Waals surface area contributed by atoms with Crippen molar-refractivity contribution in [2.75, 3.05) is 18.1 Å². The van der Waals surface area contributed by atoms with E-state index in [1.54, 1.807) is 0 Å². The fourth-order valence-corrected chi connectivity index (χ4v) is 3.06. The maximum atomic E-state index is 9.03. The maximum Gasteiger partial charge on any atom is 0.172 e. The molecule has 1 aromatic carbocycles. The van der Waals surface area contributed by atoms with Crippen LogP contribution >= 0.6 is 0 Å². The standard InChI is InChI=1S/C15H23N3O2/c1-11-5-2-8-13(15(16)17-20)14(11)18-9-3-6-12(18)7-4-10-19/h2,5,8,12,19-20H,3-4,6-7,9-10H2,1H3,(H2,16,17). The average Bonchev–Trinajstić information content (AvgIpc) is 2.91. The molecule has 0 spiro atoms. The van der Waals surface area contributed by atoms with Crippen LogP contribution < -0.4 is 10.6 Å². The van der Waals surface area contributed by atoms with Crippen molar-refractivity contribution in [3.05, 3.63) is 29.3 Å². The molecule has 110 valence electrons. The summed E-state index contributed by atoms with van der Waals surface area (Å²) in [5.74, 6) is 0.150. The number of para-hydroxylation sites is 1. The number of aliphatic hydroxyl groups is 1. The van der Waals surface area contributed by atoms with E-state index < -0.39 is 0 Å². The van der Waals surface area contributed by atoms with Crippen LogP contribution in [0, 0.1) is 6.92 Å². The number of aryl methyl sites for hydroxylation is 1. The minimum atomic E-state index is 0.150. The first-order valence-electron chi connectivity index (χ1n) is 7.14. The van der Waals surface area contributed by atoms with Gasteiger partial charge in [0.1, 0.15) is 0 Å². The normalized spacial score (nSPS) is 19.6. The summed E-state index contributed by atoms with van der Waals surface area (Å²) >= 11 is 0. The highest BCUT2D eigenvalue weighted by molar-refractivity contribution is 6.02. The molecule has 1 fully saturated rings. The zero-order valence-corrected chi connectivity index (χ0v) is 11.9. The summed E-state index contributed by atoms with van der Waals surface area (Å²) in [5, 5.41) is 21.1. The molecular formula is C15H23N3O2. The van der Waals surface area contributed by atoms with E-state index in [-0.39, 0.29) is 12.4 Å². The topological polar surface area (TPSA) is 82.1 Å². The monoisotopic (exact) mass is 277 g/mol. The van der Waals surface area contributed by atoms with Gasteiger partial charge < -0.3 is 20.9 Å². The maximum absolute atomic E-state index is 9.03. The minimum Gasteiger partial charge on any atom is -0.409 e. The lowest BCUT2D eigenvalue weighted by Gasteiger charge is -2.30. The van der Waals surface area contributed by atoms with Gasteiger partial charge in [-0.3, -0.25) is 0 Å². The van der Waals surface area contributed by atoms with Crippen molar-refractivity contribution in [1.29, 1.82) is 0 Å². The highest BCUT2D eigenvalue weighted by atomic mass is 16.4. The van der Waals surface area contributed by atoms with Gasteiger partial charge in [0.15, 0.2) is 5.84 Å². The molecule has 1 unspecified atom stereocenters. The summed E-state index contributed by atoms with van der Waals surface area (Å²) in [5.41, 5.74) is 8.78. The number of benzene rings is 1. The third-order valence-corrected chi connectivity index (χ3v) is 3.98.